The van der Waals surface area contributed by atoms with Gasteiger partial charge in [-0.05, 0) is 24.8 Å². The molecule has 2 aromatic carbocycles. The fraction of sp³-hybridized carbons (Fsp3) is 0.238. The fourth-order valence-corrected chi connectivity index (χ4v) is 3.88. The van der Waals surface area contributed by atoms with E-state index in [2.05, 4.69) is 20.8 Å². The van der Waals surface area contributed by atoms with Crippen LogP contribution < -0.4 is 10.6 Å². The van der Waals surface area contributed by atoms with Crippen molar-refractivity contribution in [2.24, 2.45) is 5.92 Å². The average Bonchev–Trinajstić information content (AvgIpc) is 3.41. The number of amides is 2. The number of nitrogens with zero attached hydrogens (tertiary/aromatic N) is 2. The maximum atomic E-state index is 12.4. The minimum Gasteiger partial charge on any atom is -0.344 e. The summed E-state index contributed by atoms with van der Waals surface area (Å²) in [4.78, 5) is 24.8. The van der Waals surface area contributed by atoms with Crippen molar-refractivity contribution < 1.29 is 9.59 Å². The molecule has 0 bridgehead atoms. The highest BCUT2D eigenvalue weighted by Gasteiger charge is 2.44. The summed E-state index contributed by atoms with van der Waals surface area (Å²) >= 11 is 1.30. The third kappa shape index (κ3) is 4.09. The minimum atomic E-state index is -0.645. The molecule has 1 heterocycles. The van der Waals surface area contributed by atoms with Gasteiger partial charge in [0.15, 0.2) is 0 Å². The lowest BCUT2D eigenvalue weighted by Crippen LogP contribution is -2.42. The molecule has 1 aliphatic carbocycles. The first-order chi connectivity index (χ1) is 13.6. The van der Waals surface area contributed by atoms with Gasteiger partial charge in [0, 0.05) is 11.5 Å². The Balaban J connectivity index is 1.31. The molecule has 7 heteroatoms. The van der Waals surface area contributed by atoms with Crippen molar-refractivity contribution in [3.63, 3.8) is 0 Å². The van der Waals surface area contributed by atoms with E-state index in [1.165, 1.54) is 16.9 Å². The average molecular weight is 392 g/mol. The van der Waals surface area contributed by atoms with Crippen LogP contribution in [0.2, 0.25) is 0 Å². The lowest BCUT2D eigenvalue weighted by molar-refractivity contribution is -0.127. The standard InChI is InChI=1S/C21H20N4O2S/c1-13(22-19(27)17-12-16(17)14-8-4-2-5-9-14)18(26)23-21-25-24-20(28-21)15-10-6-3-7-11-15/h2-11,13,16-17H,12H2,1H3,(H,22,27)(H,23,25,26)/t13-,16+,17+/m1/s1. The van der Waals surface area contributed by atoms with E-state index in [0.29, 0.717) is 5.13 Å². The Morgan fingerprint density at radius 1 is 1.04 bits per heavy atom. The van der Waals surface area contributed by atoms with E-state index in [1.807, 2.05) is 60.7 Å². The molecule has 1 aliphatic rings. The molecule has 1 fully saturated rings. The second-order valence-corrected chi connectivity index (χ2v) is 7.83. The van der Waals surface area contributed by atoms with E-state index in [-0.39, 0.29) is 23.7 Å². The van der Waals surface area contributed by atoms with E-state index < -0.39 is 6.04 Å². The number of rotatable bonds is 6. The number of carbonyl (C=O) groups is 2. The van der Waals surface area contributed by atoms with Gasteiger partial charge in [-0.1, -0.05) is 72.0 Å². The normalized spacial score (nSPS) is 18.9. The predicted octanol–water partition coefficient (Wildman–Crippen LogP) is 3.45. The van der Waals surface area contributed by atoms with Crippen LogP contribution in [-0.2, 0) is 9.59 Å². The van der Waals surface area contributed by atoms with Crippen LogP contribution in [0.1, 0.15) is 24.8 Å². The summed E-state index contributed by atoms with van der Waals surface area (Å²) in [5.41, 5.74) is 2.12. The lowest BCUT2D eigenvalue weighted by Gasteiger charge is -2.12. The molecule has 6 nitrogen and oxygen atoms in total. The molecule has 2 amide bonds. The monoisotopic (exact) mass is 392 g/mol. The molecular weight excluding hydrogens is 372 g/mol. The second kappa shape index (κ2) is 7.90. The van der Waals surface area contributed by atoms with Gasteiger partial charge in [-0.3, -0.25) is 14.9 Å². The molecule has 3 aromatic rings. The SMILES string of the molecule is C[C@@H](NC(=O)[C@H]1C[C@H]1c1ccccc1)C(=O)Nc1nnc(-c2ccccc2)s1. The summed E-state index contributed by atoms with van der Waals surface area (Å²) in [7, 11) is 0. The first kappa shape index (κ1) is 18.3. The Morgan fingerprint density at radius 2 is 1.71 bits per heavy atom. The third-order valence-electron chi connectivity index (χ3n) is 4.78. The first-order valence-electron chi connectivity index (χ1n) is 9.17. The summed E-state index contributed by atoms with van der Waals surface area (Å²) in [5.74, 6) is -0.211. The van der Waals surface area contributed by atoms with Crippen molar-refractivity contribution in [1.29, 1.82) is 0 Å². The maximum Gasteiger partial charge on any atom is 0.248 e. The molecule has 0 spiro atoms. The molecular formula is C21H20N4O2S. The topological polar surface area (TPSA) is 84.0 Å². The Kier molecular flexibility index (Phi) is 5.16. The summed E-state index contributed by atoms with van der Waals surface area (Å²) in [6.45, 7) is 1.67. The summed E-state index contributed by atoms with van der Waals surface area (Å²) in [6.07, 6.45) is 0.820. The van der Waals surface area contributed by atoms with Crippen LogP contribution in [-0.4, -0.2) is 28.1 Å². The van der Waals surface area contributed by atoms with Gasteiger partial charge in [0.1, 0.15) is 11.0 Å². The van der Waals surface area contributed by atoms with Crippen LogP contribution in [0, 0.1) is 5.92 Å². The Hall–Kier alpha value is -3.06. The van der Waals surface area contributed by atoms with Gasteiger partial charge in [0.2, 0.25) is 16.9 Å². The zero-order valence-corrected chi connectivity index (χ0v) is 16.1. The highest BCUT2D eigenvalue weighted by atomic mass is 32.1. The van der Waals surface area contributed by atoms with Gasteiger partial charge in [-0.2, -0.15) is 0 Å². The van der Waals surface area contributed by atoms with Crippen molar-refractivity contribution in [2.45, 2.75) is 25.3 Å². The zero-order valence-electron chi connectivity index (χ0n) is 15.3. The molecule has 1 aromatic heterocycles. The van der Waals surface area contributed by atoms with E-state index in [0.717, 1.165) is 17.0 Å². The molecule has 142 valence electrons. The largest absolute Gasteiger partial charge is 0.344 e. The molecule has 0 radical (unpaired) electrons. The number of hydrogen-bond acceptors (Lipinski definition) is 5. The fourth-order valence-electron chi connectivity index (χ4n) is 3.12. The van der Waals surface area contributed by atoms with Crippen LogP contribution in [0.5, 0.6) is 0 Å². The van der Waals surface area contributed by atoms with Crippen molar-refractivity contribution in [3.05, 3.63) is 66.2 Å². The van der Waals surface area contributed by atoms with Crippen molar-refractivity contribution in [2.75, 3.05) is 5.32 Å². The predicted molar refractivity (Wildman–Crippen MR) is 109 cm³/mol. The molecule has 1 saturated carbocycles. The number of aromatic nitrogens is 2. The third-order valence-corrected chi connectivity index (χ3v) is 5.67. The van der Waals surface area contributed by atoms with Gasteiger partial charge in [0.25, 0.3) is 0 Å². The molecule has 0 aliphatic heterocycles. The van der Waals surface area contributed by atoms with Crippen LogP contribution in [0.3, 0.4) is 0 Å². The van der Waals surface area contributed by atoms with Crippen LogP contribution in [0.4, 0.5) is 5.13 Å². The summed E-state index contributed by atoms with van der Waals surface area (Å²) in [5, 5.41) is 14.8. The van der Waals surface area contributed by atoms with E-state index in [1.54, 1.807) is 6.92 Å². The van der Waals surface area contributed by atoms with Gasteiger partial charge in [0.05, 0.1) is 0 Å². The lowest BCUT2D eigenvalue weighted by atomic mass is 10.1. The summed E-state index contributed by atoms with van der Waals surface area (Å²) in [6, 6.07) is 19.0. The molecule has 4 rings (SSSR count). The quantitative estimate of drug-likeness (QED) is 0.673. The number of benzene rings is 2. The number of carbonyl (C=O) groups excluding carboxylic acids is 2. The van der Waals surface area contributed by atoms with Crippen molar-refractivity contribution >= 4 is 28.3 Å². The zero-order chi connectivity index (χ0) is 19.5. The van der Waals surface area contributed by atoms with Gasteiger partial charge in [-0.25, -0.2) is 0 Å². The van der Waals surface area contributed by atoms with Gasteiger partial charge < -0.3 is 5.32 Å². The molecule has 2 N–H and O–H groups in total. The highest BCUT2D eigenvalue weighted by molar-refractivity contribution is 7.18. The number of hydrogen-bond donors (Lipinski definition) is 2. The first-order valence-corrected chi connectivity index (χ1v) is 9.98. The van der Waals surface area contributed by atoms with Gasteiger partial charge >= 0.3 is 0 Å². The Morgan fingerprint density at radius 3 is 2.43 bits per heavy atom. The van der Waals surface area contributed by atoms with E-state index >= 15 is 0 Å². The van der Waals surface area contributed by atoms with E-state index in [9.17, 15) is 9.59 Å². The van der Waals surface area contributed by atoms with Crippen molar-refractivity contribution in [3.8, 4) is 10.6 Å². The summed E-state index contributed by atoms with van der Waals surface area (Å²) < 4.78 is 0. The van der Waals surface area contributed by atoms with Crippen LogP contribution >= 0.6 is 11.3 Å². The molecule has 0 unspecified atom stereocenters. The molecule has 28 heavy (non-hydrogen) atoms. The molecule has 0 saturated heterocycles. The van der Waals surface area contributed by atoms with Gasteiger partial charge in [-0.15, -0.1) is 10.2 Å². The highest BCUT2D eigenvalue weighted by Crippen LogP contribution is 2.47. The Labute approximate surface area is 167 Å². The Bertz CT molecular complexity index is 974. The van der Waals surface area contributed by atoms with Crippen LogP contribution in [0.25, 0.3) is 10.6 Å². The van der Waals surface area contributed by atoms with Crippen molar-refractivity contribution in [1.82, 2.24) is 15.5 Å². The van der Waals surface area contributed by atoms with E-state index in [4.69, 9.17) is 0 Å². The second-order valence-electron chi connectivity index (χ2n) is 6.86. The number of nitrogens with one attached hydrogen (secondary N) is 2. The maximum absolute atomic E-state index is 12.4. The minimum absolute atomic E-state index is 0.0659. The van der Waals surface area contributed by atoms with Crippen LogP contribution in [0.15, 0.2) is 60.7 Å². The molecule has 3 atom stereocenters. The number of anilines is 1. The smallest absolute Gasteiger partial charge is 0.248 e.